The van der Waals surface area contributed by atoms with E-state index in [-0.39, 0.29) is 11.7 Å². The fraction of sp³-hybridized carbons (Fsp3) is 0.273. The first-order valence-electron chi connectivity index (χ1n) is 4.71. The van der Waals surface area contributed by atoms with Gasteiger partial charge in [0.2, 0.25) is 0 Å². The molecule has 0 aromatic carbocycles. The fourth-order valence-corrected chi connectivity index (χ4v) is 1.20. The lowest BCUT2D eigenvalue weighted by molar-refractivity contribution is 0.0690. The number of aromatic nitrogens is 1. The Morgan fingerprint density at radius 2 is 2.47 bits per heavy atom. The number of aromatic carboxylic acids is 1. The minimum Gasteiger partial charge on any atom is -0.477 e. The van der Waals surface area contributed by atoms with Crippen LogP contribution in [0, 0.1) is 0 Å². The Morgan fingerprint density at radius 1 is 1.73 bits per heavy atom. The largest absolute Gasteiger partial charge is 0.477 e. The molecule has 0 fully saturated rings. The zero-order chi connectivity index (χ0) is 11.3. The number of carbonyl (C=O) groups is 1. The smallest absolute Gasteiger partial charge is 0.354 e. The number of carboxylic acid groups (broad SMARTS) is 1. The number of rotatable bonds is 5. The predicted octanol–water partition coefficient (Wildman–Crippen LogP) is 2.16. The summed E-state index contributed by atoms with van der Waals surface area (Å²) in [7, 11) is 0. The highest BCUT2D eigenvalue weighted by atomic mass is 16.4. The zero-order valence-corrected chi connectivity index (χ0v) is 8.60. The summed E-state index contributed by atoms with van der Waals surface area (Å²) >= 11 is 0. The third-order valence-electron chi connectivity index (χ3n) is 1.88. The SMILES string of the molecule is C=CCC(C)Nc1cccc(C(=O)O)n1. The molecule has 4 nitrogen and oxygen atoms in total. The average Bonchev–Trinajstić information content (AvgIpc) is 2.18. The number of anilines is 1. The lowest BCUT2D eigenvalue weighted by Gasteiger charge is -2.12. The van der Waals surface area contributed by atoms with E-state index in [4.69, 9.17) is 5.11 Å². The van der Waals surface area contributed by atoms with Gasteiger partial charge in [0.1, 0.15) is 5.82 Å². The van der Waals surface area contributed by atoms with Crippen LogP contribution in [0.3, 0.4) is 0 Å². The van der Waals surface area contributed by atoms with Gasteiger partial charge >= 0.3 is 5.97 Å². The van der Waals surface area contributed by atoms with E-state index in [0.717, 1.165) is 6.42 Å². The monoisotopic (exact) mass is 206 g/mol. The molecule has 0 aliphatic rings. The average molecular weight is 206 g/mol. The Labute approximate surface area is 88.7 Å². The molecule has 1 rings (SSSR count). The lowest BCUT2D eigenvalue weighted by atomic mass is 10.2. The van der Waals surface area contributed by atoms with E-state index in [1.165, 1.54) is 6.07 Å². The Kier molecular flexibility index (Phi) is 3.85. The van der Waals surface area contributed by atoms with Crippen molar-refractivity contribution in [2.24, 2.45) is 0 Å². The predicted molar refractivity (Wildman–Crippen MR) is 59.1 cm³/mol. The number of nitrogens with one attached hydrogen (secondary N) is 1. The van der Waals surface area contributed by atoms with Gasteiger partial charge in [0.15, 0.2) is 5.69 Å². The molecule has 0 spiro atoms. The van der Waals surface area contributed by atoms with Crippen LogP contribution in [0.25, 0.3) is 0 Å². The minimum absolute atomic E-state index is 0.0470. The number of carboxylic acids is 1. The summed E-state index contributed by atoms with van der Waals surface area (Å²) in [5.74, 6) is -0.445. The van der Waals surface area contributed by atoms with Crippen molar-refractivity contribution >= 4 is 11.8 Å². The molecule has 1 aromatic rings. The zero-order valence-electron chi connectivity index (χ0n) is 8.60. The molecule has 80 valence electrons. The summed E-state index contributed by atoms with van der Waals surface area (Å²) in [5.41, 5.74) is 0.0470. The molecule has 2 N–H and O–H groups in total. The maximum atomic E-state index is 10.7. The van der Waals surface area contributed by atoms with Crippen LogP contribution in [0.4, 0.5) is 5.82 Å². The molecule has 1 aromatic heterocycles. The second-order valence-corrected chi connectivity index (χ2v) is 3.28. The van der Waals surface area contributed by atoms with Crippen LogP contribution in [-0.2, 0) is 0 Å². The van der Waals surface area contributed by atoms with Gasteiger partial charge in [-0.1, -0.05) is 12.1 Å². The van der Waals surface area contributed by atoms with Gasteiger partial charge in [-0.15, -0.1) is 6.58 Å². The molecule has 0 amide bonds. The third-order valence-corrected chi connectivity index (χ3v) is 1.88. The Morgan fingerprint density at radius 3 is 3.07 bits per heavy atom. The molecular weight excluding hydrogens is 192 g/mol. The summed E-state index contributed by atoms with van der Waals surface area (Å²) in [5, 5.41) is 11.8. The van der Waals surface area contributed by atoms with Crippen LogP contribution in [-0.4, -0.2) is 22.1 Å². The second-order valence-electron chi connectivity index (χ2n) is 3.28. The van der Waals surface area contributed by atoms with E-state index in [0.29, 0.717) is 5.82 Å². The van der Waals surface area contributed by atoms with Crippen LogP contribution in [0.15, 0.2) is 30.9 Å². The van der Waals surface area contributed by atoms with Crippen LogP contribution < -0.4 is 5.32 Å². The first-order chi connectivity index (χ1) is 7.13. The summed E-state index contributed by atoms with van der Waals surface area (Å²) < 4.78 is 0. The minimum atomic E-state index is -1.02. The number of nitrogens with zero attached hydrogens (tertiary/aromatic N) is 1. The maximum Gasteiger partial charge on any atom is 0.354 e. The van der Waals surface area contributed by atoms with Gasteiger partial charge in [-0.2, -0.15) is 0 Å². The highest BCUT2D eigenvalue weighted by Gasteiger charge is 2.06. The quantitative estimate of drug-likeness (QED) is 0.725. The van der Waals surface area contributed by atoms with Crippen molar-refractivity contribution in [3.63, 3.8) is 0 Å². The lowest BCUT2D eigenvalue weighted by Crippen LogP contribution is -2.15. The van der Waals surface area contributed by atoms with E-state index in [1.54, 1.807) is 18.2 Å². The van der Waals surface area contributed by atoms with E-state index < -0.39 is 5.97 Å². The van der Waals surface area contributed by atoms with E-state index in [2.05, 4.69) is 16.9 Å². The van der Waals surface area contributed by atoms with Gasteiger partial charge in [-0.3, -0.25) is 0 Å². The normalized spacial score (nSPS) is 11.8. The molecule has 0 saturated heterocycles. The summed E-state index contributed by atoms with van der Waals surface area (Å²) in [6, 6.07) is 5.07. The van der Waals surface area contributed by atoms with Crippen molar-refractivity contribution < 1.29 is 9.90 Å². The molecule has 0 saturated carbocycles. The van der Waals surface area contributed by atoms with Crippen molar-refractivity contribution in [1.29, 1.82) is 0 Å². The van der Waals surface area contributed by atoms with E-state index in [9.17, 15) is 4.79 Å². The van der Waals surface area contributed by atoms with Crippen molar-refractivity contribution in [1.82, 2.24) is 4.98 Å². The van der Waals surface area contributed by atoms with Crippen LogP contribution in [0.1, 0.15) is 23.8 Å². The molecule has 0 radical (unpaired) electrons. The van der Waals surface area contributed by atoms with Crippen molar-refractivity contribution in [2.75, 3.05) is 5.32 Å². The van der Waals surface area contributed by atoms with E-state index in [1.807, 2.05) is 6.92 Å². The molecule has 0 aliphatic carbocycles. The molecule has 0 bridgehead atoms. The summed E-state index contributed by atoms with van der Waals surface area (Å²) in [4.78, 5) is 14.6. The standard InChI is InChI=1S/C11H14N2O2/c1-3-5-8(2)12-10-7-4-6-9(13-10)11(14)15/h3-4,6-8H,1,5H2,2H3,(H,12,13)(H,14,15). The van der Waals surface area contributed by atoms with Crippen molar-refractivity contribution in [3.8, 4) is 0 Å². The first-order valence-corrected chi connectivity index (χ1v) is 4.71. The summed E-state index contributed by atoms with van der Waals surface area (Å²) in [6.07, 6.45) is 2.61. The topological polar surface area (TPSA) is 62.2 Å². The van der Waals surface area contributed by atoms with Gasteiger partial charge in [-0.25, -0.2) is 9.78 Å². The molecular formula is C11H14N2O2. The Bertz CT molecular complexity index is 363. The molecule has 0 aliphatic heterocycles. The number of pyridine rings is 1. The molecule has 1 unspecified atom stereocenters. The maximum absolute atomic E-state index is 10.7. The van der Waals surface area contributed by atoms with Crippen LogP contribution >= 0.6 is 0 Å². The second kappa shape index (κ2) is 5.14. The molecule has 4 heteroatoms. The van der Waals surface area contributed by atoms with Gasteiger partial charge in [-0.05, 0) is 25.5 Å². The Hall–Kier alpha value is -1.84. The Balaban J connectivity index is 2.73. The van der Waals surface area contributed by atoms with E-state index >= 15 is 0 Å². The van der Waals surface area contributed by atoms with Crippen molar-refractivity contribution in [2.45, 2.75) is 19.4 Å². The van der Waals surface area contributed by atoms with Crippen LogP contribution in [0.2, 0.25) is 0 Å². The van der Waals surface area contributed by atoms with Gasteiger partial charge in [0, 0.05) is 6.04 Å². The number of hydrogen-bond donors (Lipinski definition) is 2. The fourth-order valence-electron chi connectivity index (χ4n) is 1.20. The van der Waals surface area contributed by atoms with Crippen LogP contribution in [0.5, 0.6) is 0 Å². The number of hydrogen-bond acceptors (Lipinski definition) is 3. The van der Waals surface area contributed by atoms with Gasteiger partial charge in [0.25, 0.3) is 0 Å². The molecule has 1 atom stereocenters. The van der Waals surface area contributed by atoms with Crippen molar-refractivity contribution in [3.05, 3.63) is 36.5 Å². The van der Waals surface area contributed by atoms with Gasteiger partial charge < -0.3 is 10.4 Å². The summed E-state index contributed by atoms with van der Waals surface area (Å²) in [6.45, 7) is 5.62. The highest BCUT2D eigenvalue weighted by molar-refractivity contribution is 5.85. The highest BCUT2D eigenvalue weighted by Crippen LogP contribution is 2.08. The molecule has 1 heterocycles. The van der Waals surface area contributed by atoms with Gasteiger partial charge in [0.05, 0.1) is 0 Å². The first kappa shape index (κ1) is 11.2. The third kappa shape index (κ3) is 3.42. The molecule has 15 heavy (non-hydrogen) atoms.